The monoisotopic (exact) mass is 620 g/mol. The molecule has 2 bridgehead atoms. The number of halogens is 1. The molecule has 0 saturated carbocycles. The van der Waals surface area contributed by atoms with E-state index in [-0.39, 0.29) is 29.7 Å². The number of carbonyl (C=O) groups is 1. The number of benzene rings is 2. The number of fused-ring (bicyclic) bond motifs is 3. The largest absolute Gasteiger partial charge is 0.495 e. The van der Waals surface area contributed by atoms with Gasteiger partial charge in [0.2, 0.25) is 11.8 Å². The molecule has 2 aliphatic rings. The zero-order chi connectivity index (χ0) is 31.8. The maximum absolute atomic E-state index is 15.4. The number of anilines is 3. The minimum absolute atomic E-state index is 0.000541. The average molecular weight is 621 g/mol. The van der Waals surface area contributed by atoms with Gasteiger partial charge in [-0.05, 0) is 69.0 Å². The molecule has 1 unspecified atom stereocenters. The Kier molecular flexibility index (Phi) is 7.69. The number of nitrogens with zero attached hydrogens (tertiary/aromatic N) is 6. The third-order valence-electron chi connectivity index (χ3n) is 8.62. The van der Waals surface area contributed by atoms with Crippen LogP contribution in [0.15, 0.2) is 79.9 Å². The molecule has 12 heteroatoms. The Morgan fingerprint density at radius 1 is 1.04 bits per heavy atom. The van der Waals surface area contributed by atoms with Crippen LogP contribution in [0.1, 0.15) is 31.4 Å². The number of amides is 1. The first-order valence-electron chi connectivity index (χ1n) is 15.2. The Bertz CT molecular complexity index is 1910. The van der Waals surface area contributed by atoms with E-state index in [1.54, 1.807) is 42.4 Å². The molecule has 7 rings (SSSR count). The van der Waals surface area contributed by atoms with Gasteiger partial charge in [0.15, 0.2) is 0 Å². The summed E-state index contributed by atoms with van der Waals surface area (Å²) in [6.45, 7) is 5.59. The summed E-state index contributed by atoms with van der Waals surface area (Å²) in [5.74, 6) is 1.19. The van der Waals surface area contributed by atoms with Crippen LogP contribution in [0.25, 0.3) is 16.6 Å². The number of aryl methyl sites for hydroxylation is 1. The summed E-state index contributed by atoms with van der Waals surface area (Å²) in [6, 6.07) is 14.4. The maximum Gasteiger partial charge on any atom is 0.246 e. The van der Waals surface area contributed by atoms with Crippen LogP contribution < -0.4 is 20.1 Å². The molecule has 3 aromatic heterocycles. The van der Waals surface area contributed by atoms with Crippen molar-refractivity contribution in [2.24, 2.45) is 0 Å². The molecule has 5 heterocycles. The van der Waals surface area contributed by atoms with Crippen molar-refractivity contribution in [1.82, 2.24) is 29.6 Å². The van der Waals surface area contributed by atoms with Gasteiger partial charge in [-0.1, -0.05) is 6.58 Å². The predicted octanol–water partition coefficient (Wildman–Crippen LogP) is 6.32. The van der Waals surface area contributed by atoms with Crippen molar-refractivity contribution < 1.29 is 18.7 Å². The number of hydrogen-bond donors (Lipinski definition) is 2. The Morgan fingerprint density at radius 3 is 2.59 bits per heavy atom. The van der Waals surface area contributed by atoms with Crippen molar-refractivity contribution >= 4 is 34.0 Å². The van der Waals surface area contributed by atoms with Crippen LogP contribution in [0.4, 0.5) is 21.6 Å². The fourth-order valence-corrected chi connectivity index (χ4v) is 6.46. The lowest BCUT2D eigenvalue weighted by Crippen LogP contribution is -2.49. The third kappa shape index (κ3) is 5.69. The van der Waals surface area contributed by atoms with Gasteiger partial charge in [0.05, 0.1) is 35.9 Å². The third-order valence-corrected chi connectivity index (χ3v) is 8.62. The van der Waals surface area contributed by atoms with Crippen LogP contribution in [-0.2, 0) is 4.79 Å². The van der Waals surface area contributed by atoms with Crippen LogP contribution in [-0.4, -0.2) is 60.8 Å². The second-order valence-corrected chi connectivity index (χ2v) is 11.6. The molecule has 0 radical (unpaired) electrons. The first kappa shape index (κ1) is 29.2. The summed E-state index contributed by atoms with van der Waals surface area (Å²) in [5.41, 5.74) is 3.35. The van der Waals surface area contributed by atoms with Crippen molar-refractivity contribution in [2.75, 3.05) is 17.7 Å². The van der Waals surface area contributed by atoms with Gasteiger partial charge in [-0.25, -0.2) is 19.0 Å². The summed E-state index contributed by atoms with van der Waals surface area (Å²) in [4.78, 5) is 27.5. The normalized spacial score (nSPS) is 18.8. The van der Waals surface area contributed by atoms with Gasteiger partial charge >= 0.3 is 0 Å². The molecular weight excluding hydrogens is 587 g/mol. The lowest BCUT2D eigenvalue weighted by Gasteiger charge is -2.39. The van der Waals surface area contributed by atoms with E-state index < -0.39 is 5.82 Å². The molecule has 2 N–H and O–H groups in total. The van der Waals surface area contributed by atoms with Crippen molar-refractivity contribution in [3.8, 4) is 23.1 Å². The maximum atomic E-state index is 15.4. The van der Waals surface area contributed by atoms with Crippen LogP contribution in [0.5, 0.6) is 17.4 Å². The summed E-state index contributed by atoms with van der Waals surface area (Å²) in [6.07, 6.45) is 9.95. The molecule has 5 aromatic rings. The molecule has 2 saturated heterocycles. The minimum Gasteiger partial charge on any atom is -0.495 e. The number of piperidine rings is 1. The molecule has 2 aromatic carbocycles. The summed E-state index contributed by atoms with van der Waals surface area (Å²) in [5, 5.41) is 11.9. The van der Waals surface area contributed by atoms with E-state index in [0.29, 0.717) is 34.1 Å². The number of rotatable bonds is 9. The molecule has 46 heavy (non-hydrogen) atoms. The van der Waals surface area contributed by atoms with Crippen LogP contribution in [0.3, 0.4) is 0 Å². The number of methoxy groups -OCH3 is 1. The Morgan fingerprint density at radius 2 is 1.87 bits per heavy atom. The first-order chi connectivity index (χ1) is 22.4. The lowest BCUT2D eigenvalue weighted by molar-refractivity contribution is -0.130. The van der Waals surface area contributed by atoms with Crippen LogP contribution in [0.2, 0.25) is 0 Å². The van der Waals surface area contributed by atoms with Crippen molar-refractivity contribution in [3.63, 3.8) is 0 Å². The van der Waals surface area contributed by atoms with Crippen molar-refractivity contribution in [2.45, 2.75) is 50.7 Å². The first-order valence-corrected chi connectivity index (χ1v) is 15.2. The molecule has 3 atom stereocenters. The molecule has 234 valence electrons. The molecule has 1 amide bonds. The number of carbonyl (C=O) groups excluding carboxylic acids is 1. The minimum atomic E-state index is -0.519. The van der Waals surface area contributed by atoms with E-state index in [1.165, 1.54) is 18.5 Å². The van der Waals surface area contributed by atoms with Crippen molar-refractivity contribution in [3.05, 3.63) is 91.4 Å². The van der Waals surface area contributed by atoms with Gasteiger partial charge in [-0.2, -0.15) is 0 Å². The van der Waals surface area contributed by atoms with Gasteiger partial charge in [0.25, 0.3) is 0 Å². The standard InChI is InChI=1S/C34H33FN8O3/c1-4-33(44)43-22-7-8-23(43)14-21(13-22)39-30-16-26-29(17-31(30)45-3)37-19-38-34(26)40-28-10-9-25(15-27(28)35)46-32-11-12-42(41-32)24-6-5-20(2)36-18-24/h4-6,9-12,15-19,21-23,39H,1,7-8,13-14H2,2-3H3,(H,37,38,40)/t21?,22-,23+. The predicted molar refractivity (Wildman–Crippen MR) is 172 cm³/mol. The molecule has 0 spiro atoms. The highest BCUT2D eigenvalue weighted by atomic mass is 19.1. The Hall–Kier alpha value is -5.52. The zero-order valence-corrected chi connectivity index (χ0v) is 25.5. The van der Waals surface area contributed by atoms with E-state index in [4.69, 9.17) is 9.47 Å². The van der Waals surface area contributed by atoms with Gasteiger partial charge in [0.1, 0.15) is 29.5 Å². The van der Waals surface area contributed by atoms with Gasteiger partial charge in [-0.15, -0.1) is 5.10 Å². The number of pyridine rings is 1. The van der Waals surface area contributed by atoms with Gasteiger partial charge in [-0.3, -0.25) is 9.78 Å². The number of ether oxygens (including phenoxy) is 2. The average Bonchev–Trinajstić information content (AvgIpc) is 3.63. The highest BCUT2D eigenvalue weighted by Gasteiger charge is 2.42. The molecular formula is C34H33FN8O3. The smallest absolute Gasteiger partial charge is 0.246 e. The summed E-state index contributed by atoms with van der Waals surface area (Å²) < 4.78 is 28.5. The van der Waals surface area contributed by atoms with Gasteiger partial charge < -0.3 is 25.0 Å². The summed E-state index contributed by atoms with van der Waals surface area (Å²) in [7, 11) is 1.62. The SMILES string of the molecule is C=CC(=O)N1[C@@H]2CC[C@H]1CC(Nc1cc3c(Nc4ccc(Oc5ccn(-c6ccc(C)nc6)n5)cc4F)ncnc3cc1OC)C2. The number of aromatic nitrogens is 5. The Balaban J connectivity index is 1.09. The zero-order valence-electron chi connectivity index (χ0n) is 25.5. The molecule has 2 fully saturated rings. The summed E-state index contributed by atoms with van der Waals surface area (Å²) >= 11 is 0. The van der Waals surface area contributed by atoms with E-state index >= 15 is 4.39 Å². The highest BCUT2D eigenvalue weighted by Crippen LogP contribution is 2.40. The molecule has 11 nitrogen and oxygen atoms in total. The van der Waals surface area contributed by atoms with E-state index in [1.807, 2.05) is 36.1 Å². The van der Waals surface area contributed by atoms with Crippen LogP contribution in [0, 0.1) is 12.7 Å². The second kappa shape index (κ2) is 12.1. The molecule has 2 aliphatic heterocycles. The van der Waals surface area contributed by atoms with Crippen molar-refractivity contribution in [1.29, 1.82) is 0 Å². The fraction of sp³-hybridized carbons (Fsp3) is 0.265. The van der Waals surface area contributed by atoms with Crippen LogP contribution >= 0.6 is 0 Å². The van der Waals surface area contributed by atoms with Gasteiger partial charge in [0, 0.05) is 53.6 Å². The number of hydrogen-bond acceptors (Lipinski definition) is 9. The lowest BCUT2D eigenvalue weighted by atomic mass is 9.96. The second-order valence-electron chi connectivity index (χ2n) is 11.6. The highest BCUT2D eigenvalue weighted by molar-refractivity contribution is 5.95. The topological polar surface area (TPSA) is 119 Å². The number of nitrogens with one attached hydrogen (secondary N) is 2. The fourth-order valence-electron chi connectivity index (χ4n) is 6.46. The van der Waals surface area contributed by atoms with E-state index in [2.05, 4.69) is 37.3 Å². The van der Waals surface area contributed by atoms with E-state index in [9.17, 15) is 4.79 Å². The quantitative estimate of drug-likeness (QED) is 0.182. The van der Waals surface area contributed by atoms with E-state index in [0.717, 1.165) is 42.8 Å². The molecule has 0 aliphatic carbocycles. The Labute approximate surface area is 265 Å².